The summed E-state index contributed by atoms with van der Waals surface area (Å²) < 4.78 is 38.0. The summed E-state index contributed by atoms with van der Waals surface area (Å²) in [5.74, 6) is -2.54. The standard InChI is InChI=1S/C11H6F3N/c12-9-3-1-7(2-4-9)8-5-10(13)11(14)15-6-8/h1-6H. The number of halogens is 3. The first-order chi connectivity index (χ1) is 7.16. The Morgan fingerprint density at radius 3 is 2.13 bits per heavy atom. The van der Waals surface area contributed by atoms with E-state index in [4.69, 9.17) is 0 Å². The van der Waals surface area contributed by atoms with E-state index >= 15 is 0 Å². The van der Waals surface area contributed by atoms with Crippen molar-refractivity contribution in [3.63, 3.8) is 0 Å². The van der Waals surface area contributed by atoms with Gasteiger partial charge in [0.15, 0.2) is 5.82 Å². The lowest BCUT2D eigenvalue weighted by atomic mass is 10.1. The maximum atomic E-state index is 12.8. The lowest BCUT2D eigenvalue weighted by Crippen LogP contribution is -1.90. The predicted molar refractivity (Wildman–Crippen MR) is 49.5 cm³/mol. The summed E-state index contributed by atoms with van der Waals surface area (Å²) >= 11 is 0. The van der Waals surface area contributed by atoms with Gasteiger partial charge in [0.25, 0.3) is 0 Å². The van der Waals surface area contributed by atoms with E-state index in [1.807, 2.05) is 0 Å². The number of benzene rings is 1. The van der Waals surface area contributed by atoms with Gasteiger partial charge in [0.1, 0.15) is 5.82 Å². The number of aromatic nitrogens is 1. The molecule has 0 N–H and O–H groups in total. The van der Waals surface area contributed by atoms with Crippen LogP contribution in [0.1, 0.15) is 0 Å². The molecule has 1 heterocycles. The summed E-state index contributed by atoms with van der Waals surface area (Å²) in [5, 5.41) is 0. The molecular formula is C11H6F3N. The normalized spacial score (nSPS) is 10.3. The molecular weight excluding hydrogens is 203 g/mol. The minimum absolute atomic E-state index is 0.380. The van der Waals surface area contributed by atoms with Crippen molar-refractivity contribution in [2.24, 2.45) is 0 Å². The monoisotopic (exact) mass is 209 g/mol. The summed E-state index contributed by atoms with van der Waals surface area (Å²) in [4.78, 5) is 3.24. The second kappa shape index (κ2) is 3.73. The Morgan fingerprint density at radius 2 is 1.53 bits per heavy atom. The highest BCUT2D eigenvalue weighted by molar-refractivity contribution is 5.62. The molecule has 2 aromatic rings. The zero-order chi connectivity index (χ0) is 10.8. The molecule has 0 aliphatic carbocycles. The van der Waals surface area contributed by atoms with Crippen molar-refractivity contribution in [1.29, 1.82) is 0 Å². The van der Waals surface area contributed by atoms with Crippen LogP contribution in [-0.2, 0) is 0 Å². The van der Waals surface area contributed by atoms with Gasteiger partial charge in [-0.3, -0.25) is 0 Å². The maximum absolute atomic E-state index is 12.8. The molecule has 0 aliphatic rings. The Labute approximate surface area is 84.2 Å². The first-order valence-electron chi connectivity index (χ1n) is 4.24. The van der Waals surface area contributed by atoms with Crippen molar-refractivity contribution < 1.29 is 13.2 Å². The fourth-order valence-corrected chi connectivity index (χ4v) is 1.22. The number of rotatable bonds is 1. The zero-order valence-electron chi connectivity index (χ0n) is 7.55. The summed E-state index contributed by atoms with van der Waals surface area (Å²) in [6, 6.07) is 6.47. The van der Waals surface area contributed by atoms with Crippen LogP contribution in [0.4, 0.5) is 13.2 Å². The highest BCUT2D eigenvalue weighted by Gasteiger charge is 2.05. The van der Waals surface area contributed by atoms with E-state index in [0.29, 0.717) is 11.1 Å². The molecule has 0 amide bonds. The van der Waals surface area contributed by atoms with Gasteiger partial charge in [-0.25, -0.2) is 13.8 Å². The molecule has 0 saturated carbocycles. The fourth-order valence-electron chi connectivity index (χ4n) is 1.22. The second-order valence-corrected chi connectivity index (χ2v) is 3.00. The third-order valence-corrected chi connectivity index (χ3v) is 1.97. The van der Waals surface area contributed by atoms with Gasteiger partial charge in [-0.2, -0.15) is 4.39 Å². The SMILES string of the molecule is Fc1ccc(-c2cnc(F)c(F)c2)cc1. The van der Waals surface area contributed by atoms with Crippen LogP contribution in [0.3, 0.4) is 0 Å². The molecule has 76 valence electrons. The number of pyridine rings is 1. The molecule has 0 fully saturated rings. The Kier molecular flexibility index (Phi) is 2.41. The van der Waals surface area contributed by atoms with Crippen LogP contribution in [0.2, 0.25) is 0 Å². The van der Waals surface area contributed by atoms with E-state index in [1.54, 1.807) is 0 Å². The molecule has 1 nitrogen and oxygen atoms in total. The van der Waals surface area contributed by atoms with Gasteiger partial charge in [0.2, 0.25) is 5.95 Å². The van der Waals surface area contributed by atoms with Crippen LogP contribution in [0, 0.1) is 17.6 Å². The molecule has 1 aromatic heterocycles. The lowest BCUT2D eigenvalue weighted by molar-refractivity contribution is 0.480. The lowest BCUT2D eigenvalue weighted by Gasteiger charge is -2.01. The maximum Gasteiger partial charge on any atom is 0.248 e. The summed E-state index contributed by atoms with van der Waals surface area (Å²) in [7, 11) is 0. The third kappa shape index (κ3) is 1.98. The molecule has 0 aliphatic heterocycles. The summed E-state index contributed by atoms with van der Waals surface area (Å²) in [5.41, 5.74) is 0.997. The van der Waals surface area contributed by atoms with Crippen LogP contribution < -0.4 is 0 Å². The van der Waals surface area contributed by atoms with Crippen molar-refractivity contribution in [3.05, 3.63) is 54.1 Å². The van der Waals surface area contributed by atoms with Crippen molar-refractivity contribution in [3.8, 4) is 11.1 Å². The third-order valence-electron chi connectivity index (χ3n) is 1.97. The first-order valence-corrected chi connectivity index (χ1v) is 4.24. The molecule has 2 rings (SSSR count). The van der Waals surface area contributed by atoms with Gasteiger partial charge >= 0.3 is 0 Å². The average molecular weight is 209 g/mol. The average Bonchev–Trinajstić information content (AvgIpc) is 2.23. The molecule has 15 heavy (non-hydrogen) atoms. The molecule has 1 aromatic carbocycles. The second-order valence-electron chi connectivity index (χ2n) is 3.00. The highest BCUT2D eigenvalue weighted by atomic mass is 19.2. The number of hydrogen-bond acceptors (Lipinski definition) is 1. The van der Waals surface area contributed by atoms with E-state index in [9.17, 15) is 13.2 Å². The largest absolute Gasteiger partial charge is 0.248 e. The van der Waals surface area contributed by atoms with E-state index in [0.717, 1.165) is 6.07 Å². The van der Waals surface area contributed by atoms with Crippen molar-refractivity contribution in [2.75, 3.05) is 0 Å². The quantitative estimate of drug-likeness (QED) is 0.657. The van der Waals surface area contributed by atoms with Crippen LogP contribution in [0.5, 0.6) is 0 Å². The van der Waals surface area contributed by atoms with Gasteiger partial charge in [-0.1, -0.05) is 12.1 Å². The Morgan fingerprint density at radius 1 is 0.867 bits per heavy atom. The molecule has 4 heteroatoms. The molecule has 0 unspecified atom stereocenters. The van der Waals surface area contributed by atoms with Gasteiger partial charge in [-0.05, 0) is 23.8 Å². The Bertz CT molecular complexity index is 480. The molecule has 0 bridgehead atoms. The van der Waals surface area contributed by atoms with Crippen molar-refractivity contribution >= 4 is 0 Å². The van der Waals surface area contributed by atoms with E-state index in [-0.39, 0.29) is 5.82 Å². The fraction of sp³-hybridized carbons (Fsp3) is 0. The van der Waals surface area contributed by atoms with E-state index in [1.165, 1.54) is 30.5 Å². The minimum Gasteiger partial charge on any atom is -0.225 e. The Hall–Kier alpha value is -1.84. The van der Waals surface area contributed by atoms with E-state index < -0.39 is 11.8 Å². The van der Waals surface area contributed by atoms with Crippen LogP contribution >= 0.6 is 0 Å². The van der Waals surface area contributed by atoms with Crippen LogP contribution in [0.25, 0.3) is 11.1 Å². The van der Waals surface area contributed by atoms with Crippen LogP contribution in [0.15, 0.2) is 36.5 Å². The number of nitrogens with zero attached hydrogens (tertiary/aromatic N) is 1. The number of hydrogen-bond donors (Lipinski definition) is 0. The van der Waals surface area contributed by atoms with Crippen molar-refractivity contribution in [2.45, 2.75) is 0 Å². The van der Waals surface area contributed by atoms with E-state index in [2.05, 4.69) is 4.98 Å². The smallest absolute Gasteiger partial charge is 0.225 e. The topological polar surface area (TPSA) is 12.9 Å². The molecule has 0 saturated heterocycles. The van der Waals surface area contributed by atoms with Crippen LogP contribution in [-0.4, -0.2) is 4.98 Å². The molecule has 0 spiro atoms. The van der Waals surface area contributed by atoms with Crippen molar-refractivity contribution in [1.82, 2.24) is 4.98 Å². The Balaban J connectivity index is 2.45. The summed E-state index contributed by atoms with van der Waals surface area (Å²) in [6.45, 7) is 0. The highest BCUT2D eigenvalue weighted by Crippen LogP contribution is 2.20. The first kappa shape index (κ1) is 9.71. The molecule has 0 atom stereocenters. The zero-order valence-corrected chi connectivity index (χ0v) is 7.55. The minimum atomic E-state index is -1.14. The summed E-state index contributed by atoms with van der Waals surface area (Å²) in [6.07, 6.45) is 1.20. The van der Waals surface area contributed by atoms with Gasteiger partial charge < -0.3 is 0 Å². The van der Waals surface area contributed by atoms with Gasteiger partial charge in [0, 0.05) is 11.8 Å². The van der Waals surface area contributed by atoms with Gasteiger partial charge in [0.05, 0.1) is 0 Å². The molecule has 0 radical (unpaired) electrons. The van der Waals surface area contributed by atoms with Gasteiger partial charge in [-0.15, -0.1) is 0 Å². The predicted octanol–water partition coefficient (Wildman–Crippen LogP) is 3.17.